The van der Waals surface area contributed by atoms with Crippen LogP contribution in [0.3, 0.4) is 0 Å². The van der Waals surface area contributed by atoms with Crippen molar-refractivity contribution < 1.29 is 19.2 Å². The van der Waals surface area contributed by atoms with Crippen LogP contribution in [0.25, 0.3) is 0 Å². The predicted molar refractivity (Wildman–Crippen MR) is 339 cm³/mol. The Morgan fingerprint density at radius 2 is 1.37 bits per heavy atom. The van der Waals surface area contributed by atoms with Crippen LogP contribution in [-0.2, 0) is 19.2 Å². The van der Waals surface area contributed by atoms with Gasteiger partial charge in [0, 0.05) is 61.4 Å². The lowest BCUT2D eigenvalue weighted by Crippen LogP contribution is -2.46. The number of hydrogen-bond donors (Lipinski definition) is 6. The molecule has 0 aromatic rings. The van der Waals surface area contributed by atoms with Gasteiger partial charge >= 0.3 is 0 Å². The fraction of sp³-hybridized carbons (Fsp3) is 0.794. The molecule has 0 spiro atoms. The van der Waals surface area contributed by atoms with Gasteiger partial charge in [0.05, 0.1) is 0 Å². The minimum Gasteiger partial charge on any atom is -0.369 e. The van der Waals surface area contributed by atoms with E-state index >= 15 is 0 Å². The molecule has 10 nitrogen and oxygen atoms in total. The molecule has 0 aromatic carbocycles. The molecule has 0 aromatic heterocycles. The third-order valence-corrected chi connectivity index (χ3v) is 15.8. The molecule has 4 aliphatic carbocycles. The minimum atomic E-state index is -0.253. The average molecular weight is 1090 g/mol. The van der Waals surface area contributed by atoms with E-state index in [0.717, 1.165) is 114 Å². The summed E-state index contributed by atoms with van der Waals surface area (Å²) < 4.78 is 0. The molecular weight excluding hydrogens is 965 g/mol. The molecule has 0 radical (unpaired) electrons. The number of amides is 4. The number of carbonyl (C=O) groups is 4. The van der Waals surface area contributed by atoms with Crippen LogP contribution in [-0.4, -0.2) is 60.4 Å². The van der Waals surface area contributed by atoms with E-state index in [1.54, 1.807) is 0 Å². The van der Waals surface area contributed by atoms with E-state index in [0.29, 0.717) is 42.3 Å². The van der Waals surface area contributed by atoms with Gasteiger partial charge in [0.1, 0.15) is 0 Å². The summed E-state index contributed by atoms with van der Waals surface area (Å²) in [6.45, 7) is 34.8. The Balaban J connectivity index is 0. The molecule has 3 fully saturated rings. The zero-order chi connectivity index (χ0) is 59.0. The number of unbranched alkanes of at least 4 members (excludes halogenated alkanes) is 2. The van der Waals surface area contributed by atoms with Gasteiger partial charge in [-0.2, -0.15) is 0 Å². The normalized spacial score (nSPS) is 20.4. The molecule has 454 valence electrons. The first-order valence-electron chi connectivity index (χ1n) is 32.1. The number of nitrogens with two attached hydrogens (primary N) is 2. The van der Waals surface area contributed by atoms with Crippen molar-refractivity contribution in [3.63, 3.8) is 0 Å². The monoisotopic (exact) mass is 1090 g/mol. The molecule has 4 amide bonds. The molecular formula is C68H128N6O4. The zero-order valence-corrected chi connectivity index (χ0v) is 53.2. The number of allylic oxidation sites excluding steroid dienone is 4. The van der Waals surface area contributed by atoms with Crippen molar-refractivity contribution in [2.45, 2.75) is 312 Å². The third-order valence-electron chi connectivity index (χ3n) is 15.8. The lowest BCUT2D eigenvalue weighted by molar-refractivity contribution is -0.126. The fourth-order valence-corrected chi connectivity index (χ4v) is 10.6. The van der Waals surface area contributed by atoms with Crippen LogP contribution in [0.2, 0.25) is 0 Å². The van der Waals surface area contributed by atoms with Crippen LogP contribution in [0.5, 0.6) is 0 Å². The summed E-state index contributed by atoms with van der Waals surface area (Å²) in [5.74, 6) is 2.14. The fourth-order valence-electron chi connectivity index (χ4n) is 10.6. The standard InChI is InChI=1S/C11H17N.C11H22.2C10H19NO.C10H17NO.C9H21N.C7H13NO/c1-4-6-11-8-10(5-2)7-9(3)12-11;1-2-3-5-8-11-9-6-4-7-10-11;1-3-9(12)11-10(2)7-5-4-6-8-10;2*1-2-8-11-10(12)9-6-4-3-5-7-9;1-5-8(10)7-9(3,4)6-2;1-3-4-6(2)5-7(8)9/h4-5,7,9,11-12H,1-2,6,8H2,3H3;11H,2-10H2,1H3;3-8H2,1-2H3,(H,11,12);9H,2-8H2,1H3,(H,11,12);3-4,9H,2,5-8H2,1H3,(H,11,12);8H,5-7,10H2,1-4H3;4H,3,5H2,1-2H3,(H2,8,9)/b;;;;;;6-4+/t9?,11-;;;;9-;8-;/m1...11./s1. The Hall–Kier alpha value is -3.50. The third kappa shape index (κ3) is 43.3. The highest BCUT2D eigenvalue weighted by molar-refractivity contribution is 5.79. The highest BCUT2D eigenvalue weighted by Gasteiger charge is 2.27. The van der Waals surface area contributed by atoms with Crippen molar-refractivity contribution in [1.82, 2.24) is 21.3 Å². The van der Waals surface area contributed by atoms with Gasteiger partial charge in [-0.3, -0.25) is 19.2 Å². The highest BCUT2D eigenvalue weighted by Crippen LogP contribution is 2.29. The molecule has 1 aliphatic heterocycles. The average Bonchev–Trinajstić information content (AvgIpc) is 3.43. The maximum absolute atomic E-state index is 11.4. The highest BCUT2D eigenvalue weighted by atomic mass is 16.2. The first-order valence-corrected chi connectivity index (χ1v) is 32.1. The second kappa shape index (κ2) is 49.3. The second-order valence-corrected chi connectivity index (χ2v) is 24.2. The van der Waals surface area contributed by atoms with Crippen LogP contribution in [0.15, 0.2) is 60.8 Å². The van der Waals surface area contributed by atoms with Crippen LogP contribution < -0.4 is 32.7 Å². The van der Waals surface area contributed by atoms with Crippen molar-refractivity contribution in [2.75, 3.05) is 13.1 Å². The Bertz CT molecular complexity index is 1630. The number of hydrogen-bond acceptors (Lipinski definition) is 6. The van der Waals surface area contributed by atoms with Crippen LogP contribution in [0.1, 0.15) is 289 Å². The number of nitrogens with one attached hydrogen (secondary N) is 4. The smallest absolute Gasteiger partial charge is 0.223 e. The lowest BCUT2D eigenvalue weighted by Gasteiger charge is -2.34. The van der Waals surface area contributed by atoms with Gasteiger partial charge in [-0.25, -0.2) is 0 Å². The Morgan fingerprint density at radius 1 is 0.795 bits per heavy atom. The molecule has 78 heavy (non-hydrogen) atoms. The van der Waals surface area contributed by atoms with E-state index < -0.39 is 0 Å². The first-order chi connectivity index (χ1) is 37.2. The van der Waals surface area contributed by atoms with Gasteiger partial charge in [-0.05, 0) is 128 Å². The summed E-state index contributed by atoms with van der Waals surface area (Å²) >= 11 is 0. The Labute approximate surface area is 482 Å². The van der Waals surface area contributed by atoms with E-state index in [4.69, 9.17) is 11.5 Å². The molecule has 8 N–H and O–H groups in total. The molecule has 5 rings (SSSR count). The molecule has 10 heteroatoms. The molecule has 1 unspecified atom stereocenters. The molecule has 3 saturated carbocycles. The molecule has 4 atom stereocenters. The summed E-state index contributed by atoms with van der Waals surface area (Å²) in [6, 6.07) is 1.42. The van der Waals surface area contributed by atoms with Crippen molar-refractivity contribution in [3.05, 3.63) is 60.8 Å². The second-order valence-electron chi connectivity index (χ2n) is 24.2. The summed E-state index contributed by atoms with van der Waals surface area (Å²) in [6.07, 6.45) is 50.7. The zero-order valence-electron chi connectivity index (χ0n) is 53.2. The van der Waals surface area contributed by atoms with Crippen molar-refractivity contribution in [2.24, 2.45) is 34.6 Å². The molecule has 0 saturated heterocycles. The summed E-state index contributed by atoms with van der Waals surface area (Å²) in [4.78, 5) is 44.3. The molecule has 1 heterocycles. The van der Waals surface area contributed by atoms with E-state index in [-0.39, 0.29) is 35.1 Å². The van der Waals surface area contributed by atoms with Crippen molar-refractivity contribution >= 4 is 23.6 Å². The Morgan fingerprint density at radius 3 is 1.85 bits per heavy atom. The van der Waals surface area contributed by atoms with Crippen molar-refractivity contribution in [3.8, 4) is 0 Å². The van der Waals surface area contributed by atoms with Gasteiger partial charge in [-0.15, -0.1) is 6.58 Å². The largest absolute Gasteiger partial charge is 0.369 e. The minimum absolute atomic E-state index is 0.103. The van der Waals surface area contributed by atoms with Gasteiger partial charge in [0.2, 0.25) is 23.6 Å². The Kier molecular flexibility index (Phi) is 48.4. The van der Waals surface area contributed by atoms with Crippen LogP contribution >= 0.6 is 0 Å². The van der Waals surface area contributed by atoms with Crippen LogP contribution in [0.4, 0.5) is 0 Å². The van der Waals surface area contributed by atoms with E-state index in [9.17, 15) is 19.2 Å². The van der Waals surface area contributed by atoms with E-state index in [1.165, 1.54) is 108 Å². The van der Waals surface area contributed by atoms with E-state index in [1.807, 2.05) is 39.0 Å². The quantitative estimate of drug-likeness (QED) is 0.0466. The maximum atomic E-state index is 11.4. The first kappa shape index (κ1) is 76.6. The lowest BCUT2D eigenvalue weighted by atomic mass is 9.83. The van der Waals surface area contributed by atoms with Gasteiger partial charge in [-0.1, -0.05) is 214 Å². The molecule has 0 bridgehead atoms. The van der Waals surface area contributed by atoms with Crippen LogP contribution in [0, 0.1) is 23.2 Å². The predicted octanol–water partition coefficient (Wildman–Crippen LogP) is 16.5. The number of rotatable bonds is 22. The summed E-state index contributed by atoms with van der Waals surface area (Å²) in [7, 11) is 0. The molecule has 5 aliphatic rings. The SMILES string of the molecule is C=CC[C@@H]1CC(C=C)=CC(C)N1.CC/C=C(\C)CC(N)=O.CCC(=O)NC1(C)CCCCC1.CCCCCC1CCCCC1.CCCNC(=O)C1CCCCC1.CCCNC(=O)[C@@H]1CC=CCC1.CC[C@@H](N)CC(C)(C)CC. The maximum Gasteiger partial charge on any atom is 0.223 e. The van der Waals surface area contributed by atoms with Gasteiger partial charge in [0.25, 0.3) is 0 Å². The van der Waals surface area contributed by atoms with E-state index in [2.05, 4.69) is 115 Å². The van der Waals surface area contributed by atoms with Gasteiger partial charge < -0.3 is 32.7 Å². The summed E-state index contributed by atoms with van der Waals surface area (Å²) in [5, 5.41) is 12.5. The number of primary amides is 1. The van der Waals surface area contributed by atoms with Crippen molar-refractivity contribution in [1.29, 1.82) is 0 Å². The topological polar surface area (TPSA) is 168 Å². The van der Waals surface area contributed by atoms with Gasteiger partial charge in [0.15, 0.2) is 0 Å². The number of carbonyl (C=O) groups excluding carboxylic acids is 4. The summed E-state index contributed by atoms with van der Waals surface area (Å²) in [5.41, 5.74) is 13.7.